The van der Waals surface area contributed by atoms with Crippen LogP contribution in [0.15, 0.2) is 30.5 Å². The Labute approximate surface area is 212 Å². The van der Waals surface area contributed by atoms with Crippen molar-refractivity contribution >= 4 is 43.5 Å². The molecular weight excluding hydrogens is 488 g/mol. The normalized spacial score (nSPS) is 13.7. The van der Waals surface area contributed by atoms with Gasteiger partial charge in [-0.1, -0.05) is 44.5 Å². The summed E-state index contributed by atoms with van der Waals surface area (Å²) in [7, 11) is -1.92. The molecule has 2 aromatic rings. The number of nitrogens with zero attached hydrogens (tertiary/aromatic N) is 2. The molecule has 2 rings (SSSR count). The Kier molecular flexibility index (Phi) is 9.27. The number of ketones is 1. The minimum atomic E-state index is -1.92. The Hall–Kier alpha value is -2.69. The summed E-state index contributed by atoms with van der Waals surface area (Å²) in [5.74, 6) is -0.574. The molecule has 0 saturated heterocycles. The Morgan fingerprint density at radius 1 is 1.20 bits per heavy atom. The molecule has 0 fully saturated rings. The van der Waals surface area contributed by atoms with Gasteiger partial charge in [-0.25, -0.2) is 4.79 Å². The molecular formula is C24H35ClN4O5Si. The number of hydrogen-bond donors (Lipinski definition) is 2. The van der Waals surface area contributed by atoms with Crippen molar-refractivity contribution in [2.75, 3.05) is 5.32 Å². The molecule has 0 radical (unpaired) electrons. The predicted molar refractivity (Wildman–Crippen MR) is 138 cm³/mol. The highest BCUT2D eigenvalue weighted by Gasteiger charge is 2.38. The number of amides is 2. The van der Waals surface area contributed by atoms with Gasteiger partial charge in [-0.2, -0.15) is 5.10 Å². The van der Waals surface area contributed by atoms with Crippen LogP contribution in [-0.2, 0) is 26.9 Å². The summed E-state index contributed by atoms with van der Waals surface area (Å²) in [6.07, 6.45) is -0.538. The van der Waals surface area contributed by atoms with Crippen LogP contribution >= 0.6 is 11.6 Å². The zero-order valence-electron chi connectivity index (χ0n) is 21.3. The highest BCUT2D eigenvalue weighted by Crippen LogP contribution is 2.37. The maximum Gasteiger partial charge on any atom is 0.405 e. The van der Waals surface area contributed by atoms with Crippen molar-refractivity contribution in [2.45, 2.75) is 77.9 Å². The minimum absolute atomic E-state index is 0.0508. The number of ether oxygens (including phenoxy) is 1. The molecule has 0 aliphatic heterocycles. The van der Waals surface area contributed by atoms with Crippen LogP contribution in [0, 0.1) is 0 Å². The van der Waals surface area contributed by atoms with Crippen LogP contribution in [0.2, 0.25) is 23.2 Å². The number of carbonyl (C=O) groups excluding carboxylic acids is 3. The van der Waals surface area contributed by atoms with Gasteiger partial charge in [0.15, 0.2) is 26.0 Å². The minimum Gasteiger partial charge on any atom is -0.439 e. The predicted octanol–water partition coefficient (Wildman–Crippen LogP) is 4.79. The van der Waals surface area contributed by atoms with Crippen LogP contribution in [-0.4, -0.2) is 48.1 Å². The van der Waals surface area contributed by atoms with Gasteiger partial charge in [0.1, 0.15) is 0 Å². The van der Waals surface area contributed by atoms with Gasteiger partial charge >= 0.3 is 6.09 Å². The molecule has 0 spiro atoms. The van der Waals surface area contributed by atoms with E-state index in [1.54, 1.807) is 35.1 Å². The van der Waals surface area contributed by atoms with E-state index in [-0.39, 0.29) is 28.1 Å². The average Bonchev–Trinajstić information content (AvgIpc) is 3.12. The van der Waals surface area contributed by atoms with Crippen molar-refractivity contribution in [2.24, 2.45) is 5.73 Å². The number of halogens is 1. The fraction of sp³-hybridized carbons (Fsp3) is 0.500. The van der Waals surface area contributed by atoms with E-state index in [0.717, 1.165) is 0 Å². The second kappa shape index (κ2) is 11.4. The van der Waals surface area contributed by atoms with Crippen molar-refractivity contribution < 1.29 is 23.5 Å². The largest absolute Gasteiger partial charge is 0.439 e. The molecule has 1 aromatic carbocycles. The summed E-state index contributed by atoms with van der Waals surface area (Å²) in [6, 6.07) is 6.50. The summed E-state index contributed by atoms with van der Waals surface area (Å²) in [5, 5.41) is 7.45. The van der Waals surface area contributed by atoms with Gasteiger partial charge in [-0.15, -0.1) is 0 Å². The van der Waals surface area contributed by atoms with Gasteiger partial charge in [0, 0.05) is 18.7 Å². The first-order valence-corrected chi connectivity index (χ1v) is 14.7. The molecule has 192 valence electrons. The summed E-state index contributed by atoms with van der Waals surface area (Å²) in [5.41, 5.74) is 5.53. The Balaban J connectivity index is 2.10. The van der Waals surface area contributed by atoms with Crippen LogP contribution in [0.1, 0.15) is 50.5 Å². The molecule has 1 heterocycles. The SMILES string of the molecule is CC(Cn1ccc(NC(=O)c2c(Cl)cccc2CC(=O)[C@H](C)OC(N)=O)n1)O[Si](C)(C)C(C)(C)C. The second-order valence-electron chi connectivity index (χ2n) is 10.1. The number of aromatic nitrogens is 2. The van der Waals surface area contributed by atoms with Crippen molar-refractivity contribution in [3.05, 3.63) is 46.6 Å². The van der Waals surface area contributed by atoms with E-state index in [2.05, 4.69) is 44.3 Å². The zero-order chi connectivity index (χ0) is 26.6. The van der Waals surface area contributed by atoms with E-state index in [1.165, 1.54) is 6.92 Å². The van der Waals surface area contributed by atoms with Gasteiger partial charge in [-0.05, 0) is 43.6 Å². The summed E-state index contributed by atoms with van der Waals surface area (Å²) >= 11 is 6.29. The van der Waals surface area contributed by atoms with Crippen molar-refractivity contribution in [3.63, 3.8) is 0 Å². The highest BCUT2D eigenvalue weighted by molar-refractivity contribution is 6.74. The maximum absolute atomic E-state index is 13.0. The molecule has 9 nitrogen and oxygen atoms in total. The number of nitrogens with one attached hydrogen (secondary N) is 1. The van der Waals surface area contributed by atoms with Crippen molar-refractivity contribution in [1.29, 1.82) is 0 Å². The third-order valence-corrected chi connectivity index (χ3v) is 11.0. The number of primary amides is 1. The number of rotatable bonds is 10. The third kappa shape index (κ3) is 7.91. The van der Waals surface area contributed by atoms with Gasteiger partial charge in [0.25, 0.3) is 5.91 Å². The number of Topliss-reactive ketones (excluding diaryl/α,β-unsaturated/α-hetero) is 1. The standard InChI is InChI=1S/C24H35ClN4O5Si/c1-15(34-35(6,7)24(3,4)5)14-29-12-11-20(28-29)27-22(31)21-17(9-8-10-18(21)25)13-19(30)16(2)33-23(26)32/h8-12,15-16H,13-14H2,1-7H3,(H2,26,32)(H,27,28,31)/t15?,16-/m0/s1. The quantitative estimate of drug-likeness (QED) is 0.432. The smallest absolute Gasteiger partial charge is 0.405 e. The molecule has 0 aliphatic carbocycles. The molecule has 0 bridgehead atoms. The lowest BCUT2D eigenvalue weighted by atomic mass is 9.99. The number of anilines is 1. The van der Waals surface area contributed by atoms with Crippen LogP contribution in [0.4, 0.5) is 10.6 Å². The lowest BCUT2D eigenvalue weighted by Crippen LogP contribution is -2.44. The number of hydrogen-bond acceptors (Lipinski definition) is 6. The third-order valence-electron chi connectivity index (χ3n) is 6.07. The van der Waals surface area contributed by atoms with Crippen molar-refractivity contribution in [3.8, 4) is 0 Å². The number of nitrogens with two attached hydrogens (primary N) is 1. The first-order chi connectivity index (χ1) is 16.1. The number of benzene rings is 1. The number of carbonyl (C=O) groups is 3. The Morgan fingerprint density at radius 2 is 1.86 bits per heavy atom. The van der Waals surface area contributed by atoms with Crippen molar-refractivity contribution in [1.82, 2.24) is 9.78 Å². The second-order valence-corrected chi connectivity index (χ2v) is 15.2. The molecule has 35 heavy (non-hydrogen) atoms. The van der Waals surface area contributed by atoms with Crippen LogP contribution < -0.4 is 11.1 Å². The van der Waals surface area contributed by atoms with E-state index in [9.17, 15) is 14.4 Å². The molecule has 11 heteroatoms. The van der Waals surface area contributed by atoms with E-state index in [0.29, 0.717) is 17.9 Å². The lowest BCUT2D eigenvalue weighted by Gasteiger charge is -2.38. The van der Waals surface area contributed by atoms with Gasteiger partial charge < -0.3 is 20.2 Å². The Bertz CT molecular complexity index is 1080. The average molecular weight is 523 g/mol. The van der Waals surface area contributed by atoms with Gasteiger partial charge in [-0.3, -0.25) is 14.3 Å². The fourth-order valence-electron chi connectivity index (χ4n) is 3.23. The molecule has 1 unspecified atom stereocenters. The first kappa shape index (κ1) is 28.5. The van der Waals surface area contributed by atoms with Crippen LogP contribution in [0.5, 0.6) is 0 Å². The Morgan fingerprint density at radius 3 is 2.46 bits per heavy atom. The van der Waals surface area contributed by atoms with E-state index in [4.69, 9.17) is 26.5 Å². The molecule has 1 aromatic heterocycles. The molecule has 3 N–H and O–H groups in total. The zero-order valence-corrected chi connectivity index (χ0v) is 23.1. The monoisotopic (exact) mass is 522 g/mol. The van der Waals surface area contributed by atoms with Gasteiger partial charge in [0.2, 0.25) is 0 Å². The molecule has 0 saturated carbocycles. The lowest BCUT2D eigenvalue weighted by molar-refractivity contribution is -0.125. The van der Waals surface area contributed by atoms with E-state index in [1.807, 2.05) is 6.92 Å². The highest BCUT2D eigenvalue weighted by atomic mass is 35.5. The van der Waals surface area contributed by atoms with E-state index >= 15 is 0 Å². The first-order valence-electron chi connectivity index (χ1n) is 11.4. The van der Waals surface area contributed by atoms with Crippen LogP contribution in [0.25, 0.3) is 0 Å². The molecule has 0 aliphatic rings. The summed E-state index contributed by atoms with van der Waals surface area (Å²) in [4.78, 5) is 36.4. The van der Waals surface area contributed by atoms with Crippen LogP contribution in [0.3, 0.4) is 0 Å². The summed E-state index contributed by atoms with van der Waals surface area (Å²) in [6.45, 7) is 14.9. The topological polar surface area (TPSA) is 126 Å². The molecule has 2 atom stereocenters. The van der Waals surface area contributed by atoms with E-state index < -0.39 is 32.2 Å². The maximum atomic E-state index is 13.0. The molecule has 2 amide bonds. The summed E-state index contributed by atoms with van der Waals surface area (Å²) < 4.78 is 12.8. The van der Waals surface area contributed by atoms with Gasteiger partial charge in [0.05, 0.1) is 23.2 Å². The fourth-order valence-corrected chi connectivity index (χ4v) is 4.95.